The zero-order valence-electron chi connectivity index (χ0n) is 10.0. The lowest BCUT2D eigenvalue weighted by atomic mass is 9.88. The second-order valence-electron chi connectivity index (χ2n) is 4.30. The van der Waals surface area contributed by atoms with Crippen LogP contribution in [0.2, 0.25) is 0 Å². The van der Waals surface area contributed by atoms with Crippen LogP contribution < -0.4 is 5.73 Å². The fraction of sp³-hybridized carbons (Fsp3) is 0.308. The molecule has 1 aromatic heterocycles. The molecule has 0 fully saturated rings. The van der Waals surface area contributed by atoms with Gasteiger partial charge in [0.1, 0.15) is 0 Å². The maximum atomic E-state index is 6.42. The third-order valence-corrected chi connectivity index (χ3v) is 3.47. The van der Waals surface area contributed by atoms with E-state index in [9.17, 15) is 0 Å². The van der Waals surface area contributed by atoms with Crippen molar-refractivity contribution in [3.8, 4) is 0 Å². The molecule has 3 nitrogen and oxygen atoms in total. The van der Waals surface area contributed by atoms with Crippen LogP contribution in [0.1, 0.15) is 25.0 Å². The van der Waals surface area contributed by atoms with Gasteiger partial charge in [-0.3, -0.25) is 4.68 Å². The smallest absolute Gasteiger partial charge is 0.0668 e. The van der Waals surface area contributed by atoms with Gasteiger partial charge in [-0.2, -0.15) is 5.10 Å². The number of nitrogens with two attached hydrogens (primary N) is 1. The molecule has 1 unspecified atom stereocenters. The summed E-state index contributed by atoms with van der Waals surface area (Å²) in [6.07, 6.45) is 3.84. The molecule has 2 aromatic rings. The predicted octanol–water partition coefficient (Wildman–Crippen LogP) is 2.89. The van der Waals surface area contributed by atoms with Gasteiger partial charge in [-0.15, -0.1) is 0 Å². The summed E-state index contributed by atoms with van der Waals surface area (Å²) in [5.41, 5.74) is 8.00. The van der Waals surface area contributed by atoms with Crippen molar-refractivity contribution in [2.24, 2.45) is 5.73 Å². The lowest BCUT2D eigenvalue weighted by Gasteiger charge is -2.24. The summed E-state index contributed by atoms with van der Waals surface area (Å²) >= 11 is 3.47. The van der Waals surface area contributed by atoms with Crippen molar-refractivity contribution in [1.29, 1.82) is 0 Å². The van der Waals surface area contributed by atoms with Crippen LogP contribution >= 0.6 is 15.9 Å². The van der Waals surface area contributed by atoms with Crippen molar-refractivity contribution in [2.45, 2.75) is 25.9 Å². The second-order valence-corrected chi connectivity index (χ2v) is 5.21. The first-order chi connectivity index (χ1) is 8.04. The summed E-state index contributed by atoms with van der Waals surface area (Å²) in [4.78, 5) is 0. The molecule has 0 bridgehead atoms. The molecular formula is C13H16BrN3. The summed E-state index contributed by atoms with van der Waals surface area (Å²) in [5, 5.41) is 4.27. The van der Waals surface area contributed by atoms with Crippen LogP contribution in [0.25, 0.3) is 0 Å². The van der Waals surface area contributed by atoms with Gasteiger partial charge in [-0.25, -0.2) is 0 Å². The molecule has 0 aliphatic heterocycles. The van der Waals surface area contributed by atoms with Gasteiger partial charge in [0.15, 0.2) is 0 Å². The van der Waals surface area contributed by atoms with Gasteiger partial charge in [0.2, 0.25) is 0 Å². The Morgan fingerprint density at radius 3 is 2.76 bits per heavy atom. The molecule has 1 atom stereocenters. The molecule has 17 heavy (non-hydrogen) atoms. The van der Waals surface area contributed by atoms with Crippen LogP contribution in [0, 0.1) is 0 Å². The molecule has 0 amide bonds. The minimum atomic E-state index is -0.517. The van der Waals surface area contributed by atoms with E-state index >= 15 is 0 Å². The van der Waals surface area contributed by atoms with E-state index < -0.39 is 5.54 Å². The quantitative estimate of drug-likeness (QED) is 0.946. The van der Waals surface area contributed by atoms with E-state index in [-0.39, 0.29) is 0 Å². The molecule has 0 spiro atoms. The topological polar surface area (TPSA) is 43.8 Å². The Labute approximate surface area is 110 Å². The number of benzene rings is 1. The lowest BCUT2D eigenvalue weighted by Crippen LogP contribution is -2.33. The van der Waals surface area contributed by atoms with E-state index in [0.717, 1.165) is 22.1 Å². The summed E-state index contributed by atoms with van der Waals surface area (Å²) in [7, 11) is 0. The van der Waals surface area contributed by atoms with Crippen molar-refractivity contribution in [2.75, 3.05) is 0 Å². The first kappa shape index (κ1) is 12.3. The number of hydrogen-bond donors (Lipinski definition) is 1. The van der Waals surface area contributed by atoms with Crippen LogP contribution in [0.3, 0.4) is 0 Å². The number of aryl methyl sites for hydroxylation is 1. The Kier molecular flexibility index (Phi) is 3.35. The minimum Gasteiger partial charge on any atom is -0.318 e. The monoisotopic (exact) mass is 293 g/mol. The predicted molar refractivity (Wildman–Crippen MR) is 72.7 cm³/mol. The fourth-order valence-electron chi connectivity index (χ4n) is 1.78. The average molecular weight is 294 g/mol. The summed E-state index contributed by atoms with van der Waals surface area (Å²) < 4.78 is 2.92. The van der Waals surface area contributed by atoms with E-state index in [2.05, 4.69) is 28.0 Å². The molecule has 1 heterocycles. The van der Waals surface area contributed by atoms with E-state index in [1.54, 1.807) is 0 Å². The maximum Gasteiger partial charge on any atom is 0.0668 e. The number of rotatable bonds is 3. The normalized spacial score (nSPS) is 14.6. The van der Waals surface area contributed by atoms with Crippen molar-refractivity contribution in [1.82, 2.24) is 9.78 Å². The molecule has 0 saturated heterocycles. The van der Waals surface area contributed by atoms with Gasteiger partial charge in [0.25, 0.3) is 0 Å². The van der Waals surface area contributed by atoms with Crippen LogP contribution in [-0.2, 0) is 12.1 Å². The minimum absolute atomic E-state index is 0.517. The zero-order valence-corrected chi connectivity index (χ0v) is 11.6. The lowest BCUT2D eigenvalue weighted by molar-refractivity contribution is 0.598. The van der Waals surface area contributed by atoms with Gasteiger partial charge in [0.05, 0.1) is 11.7 Å². The Hall–Kier alpha value is -1.13. The van der Waals surface area contributed by atoms with E-state index in [0.29, 0.717) is 0 Å². The summed E-state index contributed by atoms with van der Waals surface area (Å²) in [5.74, 6) is 0. The van der Waals surface area contributed by atoms with Crippen molar-refractivity contribution in [3.63, 3.8) is 0 Å². The molecule has 2 N–H and O–H groups in total. The van der Waals surface area contributed by atoms with E-state index in [4.69, 9.17) is 5.73 Å². The third kappa shape index (κ3) is 2.42. The Morgan fingerprint density at radius 2 is 2.18 bits per heavy atom. The second kappa shape index (κ2) is 4.63. The van der Waals surface area contributed by atoms with Crippen LogP contribution in [0.5, 0.6) is 0 Å². The highest BCUT2D eigenvalue weighted by Gasteiger charge is 2.25. The molecule has 1 aromatic carbocycles. The standard InChI is InChI=1S/C13H16BrN3/c1-3-17-9-11(8-16-17)13(2,15)10-5-4-6-12(14)7-10/h4-9H,3,15H2,1-2H3. The van der Waals surface area contributed by atoms with Gasteiger partial charge < -0.3 is 5.73 Å². The first-order valence-electron chi connectivity index (χ1n) is 5.62. The van der Waals surface area contributed by atoms with Gasteiger partial charge in [-0.05, 0) is 31.5 Å². The Morgan fingerprint density at radius 1 is 1.41 bits per heavy atom. The highest BCUT2D eigenvalue weighted by molar-refractivity contribution is 9.10. The highest BCUT2D eigenvalue weighted by Crippen LogP contribution is 2.27. The van der Waals surface area contributed by atoms with Crippen molar-refractivity contribution >= 4 is 15.9 Å². The fourth-order valence-corrected chi connectivity index (χ4v) is 2.18. The van der Waals surface area contributed by atoms with Crippen LogP contribution in [0.15, 0.2) is 41.1 Å². The van der Waals surface area contributed by atoms with Crippen molar-refractivity contribution < 1.29 is 0 Å². The molecular weight excluding hydrogens is 278 g/mol. The molecule has 2 rings (SSSR count). The van der Waals surface area contributed by atoms with Crippen LogP contribution in [0.4, 0.5) is 0 Å². The largest absolute Gasteiger partial charge is 0.318 e. The molecule has 0 aliphatic rings. The van der Waals surface area contributed by atoms with Gasteiger partial charge in [-0.1, -0.05) is 28.1 Å². The molecule has 0 aliphatic carbocycles. The Balaban J connectivity index is 2.41. The van der Waals surface area contributed by atoms with Gasteiger partial charge in [0, 0.05) is 22.8 Å². The number of hydrogen-bond acceptors (Lipinski definition) is 2. The number of aromatic nitrogens is 2. The first-order valence-corrected chi connectivity index (χ1v) is 6.41. The molecule has 0 saturated carbocycles. The third-order valence-electron chi connectivity index (χ3n) is 2.98. The number of nitrogens with zero attached hydrogens (tertiary/aromatic N) is 2. The number of halogens is 1. The van der Waals surface area contributed by atoms with E-state index in [1.165, 1.54) is 0 Å². The van der Waals surface area contributed by atoms with Gasteiger partial charge >= 0.3 is 0 Å². The molecule has 4 heteroatoms. The summed E-state index contributed by atoms with van der Waals surface area (Å²) in [6.45, 7) is 4.92. The highest BCUT2D eigenvalue weighted by atomic mass is 79.9. The molecule has 0 radical (unpaired) electrons. The Bertz CT molecular complexity index is 517. The zero-order chi connectivity index (χ0) is 12.5. The summed E-state index contributed by atoms with van der Waals surface area (Å²) in [6, 6.07) is 8.07. The van der Waals surface area contributed by atoms with E-state index in [1.807, 2.05) is 48.3 Å². The SMILES string of the molecule is CCn1cc(C(C)(N)c2cccc(Br)c2)cn1. The van der Waals surface area contributed by atoms with Crippen LogP contribution in [-0.4, -0.2) is 9.78 Å². The molecule has 90 valence electrons. The maximum absolute atomic E-state index is 6.42. The average Bonchev–Trinajstić information content (AvgIpc) is 2.78. The van der Waals surface area contributed by atoms with Crippen molar-refractivity contribution in [3.05, 3.63) is 52.3 Å².